The Morgan fingerprint density at radius 2 is 1.92 bits per heavy atom. The molecule has 1 saturated heterocycles. The Kier molecular flexibility index (Phi) is 4.57. The summed E-state index contributed by atoms with van der Waals surface area (Å²) >= 11 is 1.69. The van der Waals surface area contributed by atoms with E-state index in [4.69, 9.17) is 0 Å². The number of nitrogens with one attached hydrogen (secondary N) is 1. The lowest BCUT2D eigenvalue weighted by atomic mass is 9.92. The number of aryl methyl sites for hydroxylation is 1. The van der Waals surface area contributed by atoms with Crippen molar-refractivity contribution in [3.63, 3.8) is 0 Å². The van der Waals surface area contributed by atoms with Crippen molar-refractivity contribution in [2.45, 2.75) is 25.3 Å². The molecule has 126 valence electrons. The highest BCUT2D eigenvalue weighted by Crippen LogP contribution is 2.27. The third-order valence-corrected chi connectivity index (χ3v) is 5.12. The fourth-order valence-electron chi connectivity index (χ4n) is 2.59. The van der Waals surface area contributed by atoms with Gasteiger partial charge in [0.2, 0.25) is 0 Å². The first kappa shape index (κ1) is 16.5. The quantitative estimate of drug-likeness (QED) is 0.874. The predicted octanol–water partition coefficient (Wildman–Crippen LogP) is 1.66. The van der Waals surface area contributed by atoms with Crippen LogP contribution in [0.1, 0.15) is 28.9 Å². The number of nitrogens with zero attached hydrogens (tertiary/aromatic N) is 3. The van der Waals surface area contributed by atoms with Gasteiger partial charge in [-0.25, -0.2) is 9.48 Å². The van der Waals surface area contributed by atoms with E-state index in [1.54, 1.807) is 11.8 Å². The molecule has 1 aromatic carbocycles. The number of carbonyl (C=O) groups is 2. The van der Waals surface area contributed by atoms with Gasteiger partial charge < -0.3 is 10.4 Å². The Balaban J connectivity index is 1.78. The topological polar surface area (TPSA) is 97.1 Å². The Labute approximate surface area is 143 Å². The Bertz CT molecular complexity index is 751. The van der Waals surface area contributed by atoms with Crippen LogP contribution < -0.4 is 5.32 Å². The van der Waals surface area contributed by atoms with Gasteiger partial charge in [0, 0.05) is 0 Å². The molecular formula is C16H18N4O3S. The van der Waals surface area contributed by atoms with E-state index < -0.39 is 17.4 Å². The van der Waals surface area contributed by atoms with Crippen LogP contribution in [0.25, 0.3) is 5.69 Å². The first-order chi connectivity index (χ1) is 11.5. The minimum Gasteiger partial charge on any atom is -0.480 e. The number of benzene rings is 1. The van der Waals surface area contributed by atoms with Gasteiger partial charge in [0.05, 0.1) is 11.9 Å². The molecule has 2 aromatic rings. The van der Waals surface area contributed by atoms with E-state index >= 15 is 0 Å². The molecule has 1 aliphatic heterocycles. The van der Waals surface area contributed by atoms with Crippen molar-refractivity contribution in [3.8, 4) is 5.69 Å². The summed E-state index contributed by atoms with van der Waals surface area (Å²) in [7, 11) is 0. The average molecular weight is 346 g/mol. The number of aliphatic carboxylic acids is 1. The van der Waals surface area contributed by atoms with Crippen LogP contribution in [0.3, 0.4) is 0 Å². The molecule has 0 saturated carbocycles. The number of aromatic nitrogens is 3. The van der Waals surface area contributed by atoms with Gasteiger partial charge in [-0.2, -0.15) is 11.8 Å². The van der Waals surface area contributed by atoms with Crippen LogP contribution in [0.15, 0.2) is 30.5 Å². The van der Waals surface area contributed by atoms with Crippen LogP contribution in [-0.4, -0.2) is 49.0 Å². The molecule has 8 heteroatoms. The van der Waals surface area contributed by atoms with Crippen molar-refractivity contribution in [2.75, 3.05) is 11.5 Å². The molecule has 2 heterocycles. The molecule has 0 unspecified atom stereocenters. The van der Waals surface area contributed by atoms with Crippen LogP contribution in [-0.2, 0) is 4.79 Å². The highest BCUT2D eigenvalue weighted by molar-refractivity contribution is 7.99. The highest BCUT2D eigenvalue weighted by Gasteiger charge is 2.41. The smallest absolute Gasteiger partial charge is 0.329 e. The number of hydrogen-bond donors (Lipinski definition) is 2. The molecule has 2 N–H and O–H groups in total. The van der Waals surface area contributed by atoms with Gasteiger partial charge in [-0.3, -0.25) is 4.79 Å². The first-order valence-corrected chi connectivity index (χ1v) is 8.79. The maximum Gasteiger partial charge on any atom is 0.329 e. The summed E-state index contributed by atoms with van der Waals surface area (Å²) in [4.78, 5) is 24.1. The second kappa shape index (κ2) is 6.64. The number of carboxylic acid groups (broad SMARTS) is 1. The lowest BCUT2D eigenvalue weighted by Gasteiger charge is -2.33. The molecule has 0 atom stereocenters. The third-order valence-electron chi connectivity index (χ3n) is 4.13. The van der Waals surface area contributed by atoms with E-state index in [0.717, 1.165) is 11.3 Å². The van der Waals surface area contributed by atoms with Crippen molar-refractivity contribution < 1.29 is 14.7 Å². The zero-order chi connectivity index (χ0) is 17.2. The molecule has 1 amide bonds. The van der Waals surface area contributed by atoms with Crippen molar-refractivity contribution in [1.29, 1.82) is 0 Å². The molecule has 1 fully saturated rings. The zero-order valence-corrected chi connectivity index (χ0v) is 14.0. The fourth-order valence-corrected chi connectivity index (χ4v) is 3.77. The average Bonchev–Trinajstić information content (AvgIpc) is 3.06. The molecule has 0 aliphatic carbocycles. The first-order valence-electron chi connectivity index (χ1n) is 7.63. The van der Waals surface area contributed by atoms with Crippen LogP contribution in [0.4, 0.5) is 0 Å². The summed E-state index contributed by atoms with van der Waals surface area (Å²) in [6, 6.07) is 7.64. The highest BCUT2D eigenvalue weighted by atomic mass is 32.2. The van der Waals surface area contributed by atoms with Gasteiger partial charge in [0.25, 0.3) is 5.91 Å². The summed E-state index contributed by atoms with van der Waals surface area (Å²) in [6.45, 7) is 1.98. The molecule has 1 aliphatic rings. The molecule has 1 aromatic heterocycles. The van der Waals surface area contributed by atoms with Crippen LogP contribution >= 0.6 is 11.8 Å². The second-order valence-electron chi connectivity index (χ2n) is 5.84. The maximum absolute atomic E-state index is 12.4. The van der Waals surface area contributed by atoms with E-state index in [1.807, 2.05) is 31.2 Å². The SMILES string of the molecule is Cc1ccc(-n2cc(C(=O)NC3(C(=O)O)CCSCC3)nn2)cc1. The van der Waals surface area contributed by atoms with Crippen molar-refractivity contribution >= 4 is 23.6 Å². The summed E-state index contributed by atoms with van der Waals surface area (Å²) < 4.78 is 1.50. The zero-order valence-electron chi connectivity index (χ0n) is 13.2. The van der Waals surface area contributed by atoms with E-state index in [1.165, 1.54) is 10.9 Å². The van der Waals surface area contributed by atoms with Gasteiger partial charge in [0.15, 0.2) is 5.69 Å². The Morgan fingerprint density at radius 3 is 2.54 bits per heavy atom. The maximum atomic E-state index is 12.4. The Morgan fingerprint density at radius 1 is 1.25 bits per heavy atom. The number of amides is 1. The predicted molar refractivity (Wildman–Crippen MR) is 90.5 cm³/mol. The van der Waals surface area contributed by atoms with Gasteiger partial charge in [-0.15, -0.1) is 5.10 Å². The standard InChI is InChI=1S/C16H18N4O3S/c1-11-2-4-12(5-3-11)20-10-13(18-19-20)14(21)17-16(15(22)23)6-8-24-9-7-16/h2-5,10H,6-9H2,1H3,(H,17,21)(H,22,23). The monoisotopic (exact) mass is 346 g/mol. The largest absolute Gasteiger partial charge is 0.480 e. The van der Waals surface area contributed by atoms with Crippen LogP contribution in [0.2, 0.25) is 0 Å². The lowest BCUT2D eigenvalue weighted by molar-refractivity contribution is -0.144. The second-order valence-corrected chi connectivity index (χ2v) is 7.06. The molecule has 0 bridgehead atoms. The Hall–Kier alpha value is -2.35. The fraction of sp³-hybridized carbons (Fsp3) is 0.375. The third kappa shape index (κ3) is 3.28. The van der Waals surface area contributed by atoms with Crippen LogP contribution in [0, 0.1) is 6.92 Å². The van der Waals surface area contributed by atoms with E-state index in [9.17, 15) is 14.7 Å². The van der Waals surface area contributed by atoms with Crippen molar-refractivity contribution in [2.24, 2.45) is 0 Å². The summed E-state index contributed by atoms with van der Waals surface area (Å²) in [5.74, 6) is -0.0876. The molecular weight excluding hydrogens is 328 g/mol. The normalized spacial score (nSPS) is 16.5. The number of hydrogen-bond acceptors (Lipinski definition) is 5. The molecule has 7 nitrogen and oxygen atoms in total. The molecule has 3 rings (SSSR count). The molecule has 0 radical (unpaired) electrons. The lowest BCUT2D eigenvalue weighted by Crippen LogP contribution is -2.56. The van der Waals surface area contributed by atoms with E-state index in [-0.39, 0.29) is 5.69 Å². The van der Waals surface area contributed by atoms with Gasteiger partial charge in [-0.1, -0.05) is 22.9 Å². The number of rotatable bonds is 4. The molecule has 0 spiro atoms. The van der Waals surface area contributed by atoms with Crippen LogP contribution in [0.5, 0.6) is 0 Å². The number of carbonyl (C=O) groups excluding carboxylic acids is 1. The summed E-state index contributed by atoms with van der Waals surface area (Å²) in [5.41, 5.74) is 0.801. The minimum absolute atomic E-state index is 0.106. The van der Waals surface area contributed by atoms with E-state index in [0.29, 0.717) is 24.3 Å². The number of thioether (sulfide) groups is 1. The minimum atomic E-state index is -1.21. The summed E-state index contributed by atoms with van der Waals surface area (Å²) in [6.07, 6.45) is 2.32. The van der Waals surface area contributed by atoms with Gasteiger partial charge in [-0.05, 0) is 43.4 Å². The molecule has 24 heavy (non-hydrogen) atoms. The van der Waals surface area contributed by atoms with Gasteiger partial charge >= 0.3 is 5.97 Å². The number of carboxylic acids is 1. The van der Waals surface area contributed by atoms with Crippen molar-refractivity contribution in [3.05, 3.63) is 41.7 Å². The van der Waals surface area contributed by atoms with Crippen molar-refractivity contribution in [1.82, 2.24) is 20.3 Å². The summed E-state index contributed by atoms with van der Waals surface area (Å²) in [5, 5.41) is 20.0. The van der Waals surface area contributed by atoms with E-state index in [2.05, 4.69) is 15.6 Å². The van der Waals surface area contributed by atoms with Gasteiger partial charge in [0.1, 0.15) is 5.54 Å².